The van der Waals surface area contributed by atoms with Gasteiger partial charge in [-0.05, 0) is 54.8 Å². The second-order valence-corrected chi connectivity index (χ2v) is 6.19. The largest absolute Gasteiger partial charge is 0.319 e. The number of rotatable bonds is 2. The smallest absolute Gasteiger partial charge is 0.270 e. The minimum Gasteiger partial charge on any atom is -0.319 e. The van der Waals surface area contributed by atoms with Crippen LogP contribution in [0, 0.1) is 13.8 Å². The van der Waals surface area contributed by atoms with Crippen LogP contribution in [0.15, 0.2) is 45.7 Å². The maximum Gasteiger partial charge on any atom is 0.270 e. The highest BCUT2D eigenvalue weighted by Crippen LogP contribution is 2.16. The molecule has 0 amide bonds. The minimum absolute atomic E-state index is 0.117. The third kappa shape index (κ3) is 2.90. The fraction of sp³-hybridized carbons (Fsp3) is 0.176. The summed E-state index contributed by atoms with van der Waals surface area (Å²) in [6.45, 7) is 4.08. The molecule has 0 spiro atoms. The molecule has 1 aromatic heterocycles. The van der Waals surface area contributed by atoms with E-state index in [0.717, 1.165) is 26.6 Å². The molecular weight excluding hydrogens is 328 g/mol. The molecule has 1 heterocycles. The van der Waals surface area contributed by atoms with E-state index < -0.39 is 0 Å². The summed E-state index contributed by atoms with van der Waals surface area (Å²) in [7, 11) is 0. The van der Waals surface area contributed by atoms with Gasteiger partial charge >= 0.3 is 0 Å². The Balaban J connectivity index is 2.06. The van der Waals surface area contributed by atoms with Crippen molar-refractivity contribution in [1.29, 1.82) is 0 Å². The van der Waals surface area contributed by atoms with Crippen molar-refractivity contribution < 1.29 is 0 Å². The Labute approximate surface area is 131 Å². The van der Waals surface area contributed by atoms with Crippen molar-refractivity contribution >= 4 is 27.0 Å². The Morgan fingerprint density at radius 1 is 1.10 bits per heavy atom. The lowest BCUT2D eigenvalue weighted by atomic mass is 10.1. The summed E-state index contributed by atoms with van der Waals surface area (Å²) < 4.78 is 1.03. The predicted molar refractivity (Wildman–Crippen MR) is 88.8 cm³/mol. The number of H-pyrrole nitrogens is 1. The van der Waals surface area contributed by atoms with Crippen LogP contribution in [0.2, 0.25) is 0 Å². The van der Waals surface area contributed by atoms with E-state index in [1.54, 1.807) is 0 Å². The molecule has 2 aromatic carbocycles. The Hall–Kier alpha value is -1.94. The van der Waals surface area contributed by atoms with Crippen molar-refractivity contribution in [2.45, 2.75) is 20.3 Å². The molecule has 0 aliphatic heterocycles. The molecule has 0 aliphatic carbocycles. The number of aromatic nitrogens is 2. The Morgan fingerprint density at radius 2 is 1.76 bits per heavy atom. The molecule has 0 radical (unpaired) electrons. The van der Waals surface area contributed by atoms with Crippen molar-refractivity contribution in [3.63, 3.8) is 0 Å². The van der Waals surface area contributed by atoms with E-state index in [-0.39, 0.29) is 5.56 Å². The maximum absolute atomic E-state index is 12.2. The molecule has 3 aromatic rings. The summed E-state index contributed by atoms with van der Waals surface area (Å²) in [5, 5.41) is 0. The van der Waals surface area contributed by atoms with Gasteiger partial charge in [0.05, 0.1) is 11.0 Å². The molecule has 21 heavy (non-hydrogen) atoms. The molecule has 0 atom stereocenters. The number of aryl methyl sites for hydroxylation is 2. The number of nitrogens with zero attached hydrogens (tertiary/aromatic N) is 1. The molecule has 0 unspecified atom stereocenters. The summed E-state index contributed by atoms with van der Waals surface area (Å²) in [5.41, 5.74) is 5.46. The fourth-order valence-electron chi connectivity index (χ4n) is 2.30. The SMILES string of the molecule is Cc1cc2nc(Cc3ccc(Br)cc3)c(=O)[nH]c2cc1C. The molecule has 0 fully saturated rings. The molecule has 0 aliphatic rings. The predicted octanol–water partition coefficient (Wildman–Crippen LogP) is 3.89. The Bertz CT molecular complexity index is 866. The molecule has 3 rings (SSSR count). The number of aromatic amines is 1. The van der Waals surface area contributed by atoms with E-state index in [1.165, 1.54) is 5.56 Å². The molecule has 4 heteroatoms. The zero-order valence-corrected chi connectivity index (χ0v) is 13.5. The third-order valence-corrected chi connectivity index (χ3v) is 4.19. The highest BCUT2D eigenvalue weighted by atomic mass is 79.9. The van der Waals surface area contributed by atoms with Crippen LogP contribution in [0.3, 0.4) is 0 Å². The molecule has 0 saturated heterocycles. The number of nitrogens with one attached hydrogen (secondary N) is 1. The maximum atomic E-state index is 12.2. The van der Waals surface area contributed by atoms with Gasteiger partial charge < -0.3 is 4.98 Å². The second kappa shape index (κ2) is 5.45. The van der Waals surface area contributed by atoms with Gasteiger partial charge in [0.2, 0.25) is 0 Å². The van der Waals surface area contributed by atoms with Gasteiger partial charge in [-0.3, -0.25) is 4.79 Å². The van der Waals surface area contributed by atoms with Gasteiger partial charge in [0.15, 0.2) is 0 Å². The van der Waals surface area contributed by atoms with E-state index in [0.29, 0.717) is 12.1 Å². The number of halogens is 1. The molecule has 1 N–H and O–H groups in total. The zero-order chi connectivity index (χ0) is 15.0. The van der Waals surface area contributed by atoms with Crippen molar-refractivity contribution in [2.24, 2.45) is 0 Å². The van der Waals surface area contributed by atoms with Crippen molar-refractivity contribution in [2.75, 3.05) is 0 Å². The van der Waals surface area contributed by atoms with Gasteiger partial charge in [-0.2, -0.15) is 0 Å². The summed E-state index contributed by atoms with van der Waals surface area (Å²) >= 11 is 3.41. The van der Waals surface area contributed by atoms with Crippen LogP contribution >= 0.6 is 15.9 Å². The monoisotopic (exact) mass is 342 g/mol. The lowest BCUT2D eigenvalue weighted by molar-refractivity contribution is 1.03. The highest BCUT2D eigenvalue weighted by Gasteiger charge is 2.07. The number of benzene rings is 2. The normalized spacial score (nSPS) is 11.0. The third-order valence-electron chi connectivity index (χ3n) is 3.66. The first-order chi connectivity index (χ1) is 10.0. The second-order valence-electron chi connectivity index (χ2n) is 5.27. The topological polar surface area (TPSA) is 45.8 Å². The Kier molecular flexibility index (Phi) is 3.64. The quantitative estimate of drug-likeness (QED) is 0.767. The van der Waals surface area contributed by atoms with Crippen LogP contribution < -0.4 is 5.56 Å². The van der Waals surface area contributed by atoms with E-state index in [4.69, 9.17) is 0 Å². The van der Waals surface area contributed by atoms with Crippen molar-refractivity contribution in [1.82, 2.24) is 9.97 Å². The summed E-state index contributed by atoms with van der Waals surface area (Å²) in [6.07, 6.45) is 0.533. The van der Waals surface area contributed by atoms with Gasteiger partial charge in [-0.1, -0.05) is 28.1 Å². The molecule has 0 bridgehead atoms. The van der Waals surface area contributed by atoms with Gasteiger partial charge in [0, 0.05) is 10.9 Å². The average Bonchev–Trinajstić information content (AvgIpc) is 2.44. The van der Waals surface area contributed by atoms with Crippen LogP contribution in [-0.4, -0.2) is 9.97 Å². The van der Waals surface area contributed by atoms with Gasteiger partial charge in [0.1, 0.15) is 5.69 Å². The number of fused-ring (bicyclic) bond motifs is 1. The summed E-state index contributed by atoms with van der Waals surface area (Å²) in [5.74, 6) is 0. The van der Waals surface area contributed by atoms with Crippen molar-refractivity contribution in [3.05, 3.63) is 73.6 Å². The molecule has 0 saturated carbocycles. The fourth-order valence-corrected chi connectivity index (χ4v) is 2.56. The van der Waals surface area contributed by atoms with Crippen LogP contribution in [0.25, 0.3) is 11.0 Å². The molecule has 3 nitrogen and oxygen atoms in total. The summed E-state index contributed by atoms with van der Waals surface area (Å²) in [4.78, 5) is 19.6. The Morgan fingerprint density at radius 3 is 2.48 bits per heavy atom. The van der Waals surface area contributed by atoms with Crippen LogP contribution in [0.4, 0.5) is 0 Å². The van der Waals surface area contributed by atoms with Gasteiger partial charge in [0.25, 0.3) is 5.56 Å². The van der Waals surface area contributed by atoms with Crippen molar-refractivity contribution in [3.8, 4) is 0 Å². The van der Waals surface area contributed by atoms with Crippen LogP contribution in [0.1, 0.15) is 22.4 Å². The minimum atomic E-state index is -0.117. The summed E-state index contributed by atoms with van der Waals surface area (Å²) in [6, 6.07) is 11.9. The lowest BCUT2D eigenvalue weighted by Gasteiger charge is -2.06. The number of hydrogen-bond acceptors (Lipinski definition) is 2. The van der Waals surface area contributed by atoms with Gasteiger partial charge in [-0.25, -0.2) is 4.98 Å². The molecular formula is C17H15BrN2O. The zero-order valence-electron chi connectivity index (χ0n) is 11.9. The molecule has 106 valence electrons. The lowest BCUT2D eigenvalue weighted by Crippen LogP contribution is -2.15. The first kappa shape index (κ1) is 14.0. The van der Waals surface area contributed by atoms with E-state index in [1.807, 2.05) is 43.3 Å². The van der Waals surface area contributed by atoms with Crippen LogP contribution in [-0.2, 0) is 6.42 Å². The van der Waals surface area contributed by atoms with E-state index in [9.17, 15) is 4.79 Å². The highest BCUT2D eigenvalue weighted by molar-refractivity contribution is 9.10. The standard InChI is InChI=1S/C17H15BrN2O/c1-10-7-14-15(8-11(10)2)20-17(21)16(19-14)9-12-3-5-13(18)6-4-12/h3-8H,9H2,1-2H3,(H,20,21). The van der Waals surface area contributed by atoms with Gasteiger partial charge in [-0.15, -0.1) is 0 Å². The number of hydrogen-bond donors (Lipinski definition) is 1. The van der Waals surface area contributed by atoms with E-state index >= 15 is 0 Å². The first-order valence-electron chi connectivity index (χ1n) is 6.77. The van der Waals surface area contributed by atoms with Crippen LogP contribution in [0.5, 0.6) is 0 Å². The van der Waals surface area contributed by atoms with E-state index in [2.05, 4.69) is 32.8 Å². The first-order valence-corrected chi connectivity index (χ1v) is 7.57. The average molecular weight is 343 g/mol.